The van der Waals surface area contributed by atoms with Gasteiger partial charge in [0.05, 0.1) is 0 Å². The molecule has 21 heavy (non-hydrogen) atoms. The first kappa shape index (κ1) is 15.1. The summed E-state index contributed by atoms with van der Waals surface area (Å²) in [5.74, 6) is -4.54. The minimum Gasteiger partial charge on any atom is -0.419 e. The molecule has 0 N–H and O–H groups in total. The maximum atomic E-state index is 13.7. The highest BCUT2D eigenvalue weighted by Gasteiger charge is 2.39. The van der Waals surface area contributed by atoms with Crippen molar-refractivity contribution < 1.29 is 32.2 Å². The summed E-state index contributed by atoms with van der Waals surface area (Å²) in [6.07, 6.45) is -2.24. The van der Waals surface area contributed by atoms with Gasteiger partial charge >= 0.3 is 11.9 Å². The number of carbonyl (C=O) groups excluding carboxylic acids is 2. The number of carbonyl (C=O) groups is 2. The molecule has 1 aromatic carbocycles. The van der Waals surface area contributed by atoms with E-state index in [-0.39, 0.29) is 0 Å². The predicted octanol–water partition coefficient (Wildman–Crippen LogP) is 2.98. The molecular weight excluding hydrogens is 289 g/mol. The largest absolute Gasteiger partial charge is 0.419 e. The van der Waals surface area contributed by atoms with Gasteiger partial charge in [-0.2, -0.15) is 0 Å². The van der Waals surface area contributed by atoms with Gasteiger partial charge in [-0.1, -0.05) is 12.1 Å². The maximum Gasteiger partial charge on any atom is 0.348 e. The van der Waals surface area contributed by atoms with Crippen molar-refractivity contribution in [2.24, 2.45) is 0 Å². The lowest BCUT2D eigenvalue weighted by Gasteiger charge is -2.29. The number of esters is 2. The second-order valence-electron chi connectivity index (χ2n) is 4.78. The number of rotatable bonds is 2. The molecular formula is C14H11F3O4. The molecule has 0 bridgehead atoms. The van der Waals surface area contributed by atoms with Crippen LogP contribution in [0, 0.1) is 5.82 Å². The molecule has 1 heterocycles. The molecule has 1 fully saturated rings. The SMILES string of the molecule is CC1(C)OC(=O)C(=Cc2c(F)cccc2C(F)F)C(=O)O1. The van der Waals surface area contributed by atoms with Crippen LogP contribution < -0.4 is 0 Å². The van der Waals surface area contributed by atoms with Crippen molar-refractivity contribution in [2.75, 3.05) is 0 Å². The van der Waals surface area contributed by atoms with E-state index in [4.69, 9.17) is 9.47 Å². The first-order valence-electron chi connectivity index (χ1n) is 5.96. The Morgan fingerprint density at radius 1 is 1.14 bits per heavy atom. The topological polar surface area (TPSA) is 52.6 Å². The molecule has 1 saturated heterocycles. The smallest absolute Gasteiger partial charge is 0.348 e. The van der Waals surface area contributed by atoms with Crippen molar-refractivity contribution in [3.8, 4) is 0 Å². The number of alkyl halides is 2. The number of hydrogen-bond acceptors (Lipinski definition) is 4. The Morgan fingerprint density at radius 2 is 1.71 bits per heavy atom. The quantitative estimate of drug-likeness (QED) is 0.478. The van der Waals surface area contributed by atoms with E-state index in [1.165, 1.54) is 13.8 Å². The van der Waals surface area contributed by atoms with Gasteiger partial charge in [-0.25, -0.2) is 22.8 Å². The van der Waals surface area contributed by atoms with E-state index in [0.717, 1.165) is 24.3 Å². The van der Waals surface area contributed by atoms with Gasteiger partial charge in [0, 0.05) is 25.0 Å². The lowest BCUT2D eigenvalue weighted by atomic mass is 10.0. The second-order valence-corrected chi connectivity index (χ2v) is 4.78. The predicted molar refractivity (Wildman–Crippen MR) is 65.6 cm³/mol. The van der Waals surface area contributed by atoms with Crippen LogP contribution in [0.3, 0.4) is 0 Å². The van der Waals surface area contributed by atoms with Gasteiger partial charge in [0.2, 0.25) is 0 Å². The fourth-order valence-electron chi connectivity index (χ4n) is 1.82. The van der Waals surface area contributed by atoms with Crippen LogP contribution in [0.15, 0.2) is 23.8 Å². The van der Waals surface area contributed by atoms with E-state index in [9.17, 15) is 22.8 Å². The van der Waals surface area contributed by atoms with Crippen molar-refractivity contribution in [3.05, 3.63) is 40.7 Å². The molecule has 0 unspecified atom stereocenters. The van der Waals surface area contributed by atoms with Crippen LogP contribution in [-0.2, 0) is 19.1 Å². The Kier molecular flexibility index (Phi) is 3.76. The summed E-state index contributed by atoms with van der Waals surface area (Å²) in [4.78, 5) is 23.4. The molecule has 7 heteroatoms. The fourth-order valence-corrected chi connectivity index (χ4v) is 1.82. The molecule has 0 aliphatic carbocycles. The van der Waals surface area contributed by atoms with Crippen LogP contribution in [0.4, 0.5) is 13.2 Å². The van der Waals surface area contributed by atoms with Crippen molar-refractivity contribution in [1.82, 2.24) is 0 Å². The number of ether oxygens (including phenoxy) is 2. The summed E-state index contributed by atoms with van der Waals surface area (Å²) >= 11 is 0. The van der Waals surface area contributed by atoms with E-state index < -0.39 is 46.7 Å². The molecule has 0 spiro atoms. The average Bonchev–Trinajstić information content (AvgIpc) is 2.33. The summed E-state index contributed by atoms with van der Waals surface area (Å²) in [6.45, 7) is 2.68. The highest BCUT2D eigenvalue weighted by atomic mass is 19.3. The van der Waals surface area contributed by atoms with E-state index in [1.807, 2.05) is 0 Å². The Balaban J connectivity index is 2.50. The zero-order valence-corrected chi connectivity index (χ0v) is 11.2. The van der Waals surface area contributed by atoms with Crippen LogP contribution >= 0.6 is 0 Å². The second kappa shape index (κ2) is 5.23. The Bertz CT molecular complexity index is 613. The Labute approximate surface area is 118 Å². The van der Waals surface area contributed by atoms with Crippen LogP contribution in [0.1, 0.15) is 31.4 Å². The molecule has 0 radical (unpaired) electrons. The number of hydrogen-bond donors (Lipinski definition) is 0. The molecule has 0 saturated carbocycles. The van der Waals surface area contributed by atoms with Gasteiger partial charge in [0.15, 0.2) is 0 Å². The van der Waals surface area contributed by atoms with E-state index in [2.05, 4.69) is 0 Å². The Hall–Kier alpha value is -2.31. The normalized spacial score (nSPS) is 17.5. The molecule has 1 aliphatic heterocycles. The standard InChI is InChI=1S/C14H11F3O4/c1-14(2)20-12(18)9(13(19)21-14)6-8-7(11(16)17)4-3-5-10(8)15/h3-6,11H,1-2H3. The molecule has 0 aromatic heterocycles. The molecule has 0 atom stereocenters. The first-order valence-corrected chi connectivity index (χ1v) is 5.96. The van der Waals surface area contributed by atoms with Crippen LogP contribution in [0.2, 0.25) is 0 Å². The van der Waals surface area contributed by atoms with E-state index >= 15 is 0 Å². The van der Waals surface area contributed by atoms with Gasteiger partial charge in [-0.3, -0.25) is 0 Å². The summed E-state index contributed by atoms with van der Waals surface area (Å²) < 4.78 is 49.0. The van der Waals surface area contributed by atoms with Gasteiger partial charge in [0.1, 0.15) is 11.4 Å². The monoisotopic (exact) mass is 300 g/mol. The molecule has 1 aromatic rings. The van der Waals surface area contributed by atoms with Crippen LogP contribution in [0.25, 0.3) is 6.08 Å². The van der Waals surface area contributed by atoms with E-state index in [1.54, 1.807) is 0 Å². The van der Waals surface area contributed by atoms with Gasteiger partial charge in [0.25, 0.3) is 12.2 Å². The van der Waals surface area contributed by atoms with Gasteiger partial charge < -0.3 is 9.47 Å². The summed E-state index contributed by atoms with van der Waals surface area (Å²) in [5, 5.41) is 0. The molecule has 4 nitrogen and oxygen atoms in total. The molecule has 0 amide bonds. The third kappa shape index (κ3) is 3.07. The first-order chi connectivity index (χ1) is 9.71. The van der Waals surface area contributed by atoms with Crippen molar-refractivity contribution >= 4 is 18.0 Å². The van der Waals surface area contributed by atoms with Crippen molar-refractivity contribution in [1.29, 1.82) is 0 Å². The van der Waals surface area contributed by atoms with E-state index in [0.29, 0.717) is 0 Å². The third-order valence-corrected chi connectivity index (χ3v) is 2.73. The lowest BCUT2D eigenvalue weighted by molar-refractivity contribution is -0.222. The number of benzene rings is 1. The van der Waals surface area contributed by atoms with Crippen molar-refractivity contribution in [2.45, 2.75) is 26.1 Å². The highest BCUT2D eigenvalue weighted by Crippen LogP contribution is 2.29. The summed E-state index contributed by atoms with van der Waals surface area (Å²) in [6, 6.07) is 3.06. The van der Waals surface area contributed by atoms with Crippen molar-refractivity contribution in [3.63, 3.8) is 0 Å². The lowest BCUT2D eigenvalue weighted by Crippen LogP contribution is -2.41. The summed E-state index contributed by atoms with van der Waals surface area (Å²) in [7, 11) is 0. The third-order valence-electron chi connectivity index (χ3n) is 2.73. The maximum absolute atomic E-state index is 13.7. The molecule has 112 valence electrons. The molecule has 1 aliphatic rings. The number of cyclic esters (lactones) is 2. The van der Waals surface area contributed by atoms with Crippen LogP contribution in [-0.4, -0.2) is 17.7 Å². The summed E-state index contributed by atoms with van der Waals surface area (Å²) in [5.41, 5.74) is -1.81. The molecule has 2 rings (SSSR count). The number of halogens is 3. The fraction of sp³-hybridized carbons (Fsp3) is 0.286. The van der Waals surface area contributed by atoms with Gasteiger partial charge in [-0.15, -0.1) is 0 Å². The minimum atomic E-state index is -2.96. The average molecular weight is 300 g/mol. The highest BCUT2D eigenvalue weighted by molar-refractivity contribution is 6.19. The minimum absolute atomic E-state index is 0.545. The zero-order valence-electron chi connectivity index (χ0n) is 11.2. The van der Waals surface area contributed by atoms with Gasteiger partial charge in [-0.05, 0) is 12.1 Å². The Morgan fingerprint density at radius 3 is 2.24 bits per heavy atom. The van der Waals surface area contributed by atoms with Crippen LogP contribution in [0.5, 0.6) is 0 Å². The zero-order chi connectivity index (χ0) is 15.8.